The molecule has 6 nitrogen and oxygen atoms in total. The van der Waals surface area contributed by atoms with Gasteiger partial charge in [-0.15, -0.1) is 0 Å². The summed E-state index contributed by atoms with van der Waals surface area (Å²) in [6.07, 6.45) is 0.713. The van der Waals surface area contributed by atoms with E-state index in [1.807, 2.05) is 44.2 Å². The van der Waals surface area contributed by atoms with Crippen LogP contribution in [-0.2, 0) is 17.9 Å². The highest BCUT2D eigenvalue weighted by Gasteiger charge is 2.22. The molecule has 0 radical (unpaired) electrons. The van der Waals surface area contributed by atoms with Gasteiger partial charge >= 0.3 is 6.03 Å². The third kappa shape index (κ3) is 6.70. The van der Waals surface area contributed by atoms with Crippen LogP contribution in [0.3, 0.4) is 0 Å². The van der Waals surface area contributed by atoms with Crippen LogP contribution in [0.15, 0.2) is 71.1 Å². The van der Waals surface area contributed by atoms with E-state index in [9.17, 15) is 14.0 Å². The molecular weight excluding hydrogens is 409 g/mol. The number of nitrogens with one attached hydrogen (secondary N) is 1. The van der Waals surface area contributed by atoms with Crippen LogP contribution in [0.25, 0.3) is 0 Å². The molecule has 32 heavy (non-hydrogen) atoms. The highest BCUT2D eigenvalue weighted by atomic mass is 19.1. The fourth-order valence-corrected chi connectivity index (χ4v) is 3.31. The zero-order chi connectivity index (χ0) is 22.9. The van der Waals surface area contributed by atoms with Crippen molar-refractivity contribution in [2.75, 3.05) is 18.4 Å². The van der Waals surface area contributed by atoms with Crippen molar-refractivity contribution in [2.45, 2.75) is 33.4 Å². The van der Waals surface area contributed by atoms with Crippen LogP contribution in [0.2, 0.25) is 0 Å². The largest absolute Gasteiger partial charge is 0.464 e. The standard InChI is InChI=1S/C25H28FN3O3/c1-3-15-28(25(31)27-22-7-5-4-6-8-22)18-24(30)29(17-23-14-9-19(2)32-23)16-20-10-12-21(26)13-11-20/h4-14H,3,15-18H2,1-2H3,(H,27,31). The number of hydrogen-bond acceptors (Lipinski definition) is 3. The summed E-state index contributed by atoms with van der Waals surface area (Å²) in [6.45, 7) is 4.69. The molecule has 1 aromatic heterocycles. The van der Waals surface area contributed by atoms with Crippen LogP contribution in [0.4, 0.5) is 14.9 Å². The normalized spacial score (nSPS) is 10.6. The Morgan fingerprint density at radius 2 is 1.66 bits per heavy atom. The third-order valence-corrected chi connectivity index (χ3v) is 4.91. The highest BCUT2D eigenvalue weighted by Crippen LogP contribution is 2.15. The molecule has 0 aliphatic carbocycles. The number of halogens is 1. The number of hydrogen-bond donors (Lipinski definition) is 1. The lowest BCUT2D eigenvalue weighted by atomic mass is 10.2. The highest BCUT2D eigenvalue weighted by molar-refractivity contribution is 5.92. The fraction of sp³-hybridized carbons (Fsp3) is 0.280. The first-order chi connectivity index (χ1) is 15.4. The summed E-state index contributed by atoms with van der Waals surface area (Å²) in [6, 6.07) is 18.5. The van der Waals surface area contributed by atoms with Crippen molar-refractivity contribution in [1.29, 1.82) is 0 Å². The second kappa shape index (κ2) is 11.1. The predicted octanol–water partition coefficient (Wildman–Crippen LogP) is 5.20. The molecule has 0 atom stereocenters. The zero-order valence-corrected chi connectivity index (χ0v) is 18.4. The number of urea groups is 1. The minimum Gasteiger partial charge on any atom is -0.464 e. The first kappa shape index (κ1) is 23.1. The van der Waals surface area contributed by atoms with Gasteiger partial charge in [-0.3, -0.25) is 4.79 Å². The van der Waals surface area contributed by atoms with Crippen molar-refractivity contribution < 1.29 is 18.4 Å². The lowest BCUT2D eigenvalue weighted by Gasteiger charge is -2.27. The van der Waals surface area contributed by atoms with E-state index in [0.29, 0.717) is 24.4 Å². The van der Waals surface area contributed by atoms with Gasteiger partial charge in [0.25, 0.3) is 0 Å². The number of furan rings is 1. The lowest BCUT2D eigenvalue weighted by Crippen LogP contribution is -2.44. The molecule has 0 fully saturated rings. The average Bonchev–Trinajstić information content (AvgIpc) is 3.19. The fourth-order valence-electron chi connectivity index (χ4n) is 3.31. The number of anilines is 1. The van der Waals surface area contributed by atoms with E-state index >= 15 is 0 Å². The molecule has 168 valence electrons. The Labute approximate surface area is 187 Å². The van der Waals surface area contributed by atoms with Crippen LogP contribution >= 0.6 is 0 Å². The number of benzene rings is 2. The Hall–Kier alpha value is -3.61. The van der Waals surface area contributed by atoms with Crippen molar-refractivity contribution in [3.05, 3.63) is 89.6 Å². The average molecular weight is 438 g/mol. The third-order valence-electron chi connectivity index (χ3n) is 4.91. The van der Waals surface area contributed by atoms with Gasteiger partial charge in [-0.1, -0.05) is 37.3 Å². The number of nitrogens with zero attached hydrogens (tertiary/aromatic N) is 2. The second-order valence-corrected chi connectivity index (χ2v) is 7.61. The monoisotopic (exact) mass is 437 g/mol. The number of aryl methyl sites for hydroxylation is 1. The molecule has 0 saturated heterocycles. The molecular formula is C25H28FN3O3. The van der Waals surface area contributed by atoms with E-state index in [1.165, 1.54) is 17.0 Å². The SMILES string of the molecule is CCCN(CC(=O)N(Cc1ccc(F)cc1)Cc1ccc(C)o1)C(=O)Nc1ccccc1. The van der Waals surface area contributed by atoms with Gasteiger partial charge in [0, 0.05) is 18.8 Å². The van der Waals surface area contributed by atoms with Crippen molar-refractivity contribution in [3.63, 3.8) is 0 Å². The van der Waals surface area contributed by atoms with Gasteiger partial charge in [0.05, 0.1) is 6.54 Å². The van der Waals surface area contributed by atoms with Gasteiger partial charge in [-0.25, -0.2) is 9.18 Å². The molecule has 0 spiro atoms. The first-order valence-electron chi connectivity index (χ1n) is 10.6. The van der Waals surface area contributed by atoms with Gasteiger partial charge in [-0.05, 0) is 55.3 Å². The molecule has 3 amide bonds. The van der Waals surface area contributed by atoms with Gasteiger partial charge in [-0.2, -0.15) is 0 Å². The molecule has 7 heteroatoms. The zero-order valence-electron chi connectivity index (χ0n) is 18.4. The molecule has 3 aromatic rings. The molecule has 2 aromatic carbocycles. The summed E-state index contributed by atoms with van der Waals surface area (Å²) in [5.41, 5.74) is 1.46. The van der Waals surface area contributed by atoms with Crippen molar-refractivity contribution >= 4 is 17.6 Å². The van der Waals surface area contributed by atoms with Crippen molar-refractivity contribution in [1.82, 2.24) is 9.80 Å². The Bertz CT molecular complexity index is 1020. The summed E-state index contributed by atoms with van der Waals surface area (Å²) in [5, 5.41) is 2.84. The maximum Gasteiger partial charge on any atom is 0.322 e. The first-order valence-corrected chi connectivity index (χ1v) is 10.6. The van der Waals surface area contributed by atoms with E-state index in [2.05, 4.69) is 5.32 Å². The van der Waals surface area contributed by atoms with Crippen LogP contribution in [0.1, 0.15) is 30.4 Å². The van der Waals surface area contributed by atoms with E-state index in [0.717, 1.165) is 11.3 Å². The summed E-state index contributed by atoms with van der Waals surface area (Å²) in [7, 11) is 0. The van der Waals surface area contributed by atoms with Gasteiger partial charge < -0.3 is 19.5 Å². The van der Waals surface area contributed by atoms with E-state index in [1.54, 1.807) is 29.2 Å². The molecule has 0 saturated carbocycles. The maximum atomic E-state index is 13.3. The number of carbonyl (C=O) groups is 2. The van der Waals surface area contributed by atoms with E-state index in [-0.39, 0.29) is 37.4 Å². The molecule has 0 bridgehead atoms. The Morgan fingerprint density at radius 1 is 0.938 bits per heavy atom. The van der Waals surface area contributed by atoms with Crippen molar-refractivity contribution in [3.8, 4) is 0 Å². The van der Waals surface area contributed by atoms with Crippen LogP contribution in [0, 0.1) is 12.7 Å². The lowest BCUT2D eigenvalue weighted by molar-refractivity contribution is -0.133. The van der Waals surface area contributed by atoms with Gasteiger partial charge in [0.15, 0.2) is 0 Å². The van der Waals surface area contributed by atoms with Gasteiger partial charge in [0.1, 0.15) is 23.9 Å². The second-order valence-electron chi connectivity index (χ2n) is 7.61. The number of rotatable bonds is 9. The number of carbonyl (C=O) groups excluding carboxylic acids is 2. The summed E-state index contributed by atoms with van der Waals surface area (Å²) < 4.78 is 19.0. The van der Waals surface area contributed by atoms with Crippen LogP contribution < -0.4 is 5.32 Å². The summed E-state index contributed by atoms with van der Waals surface area (Å²) in [5.74, 6) is 0.845. The summed E-state index contributed by atoms with van der Waals surface area (Å²) >= 11 is 0. The smallest absolute Gasteiger partial charge is 0.322 e. The molecule has 0 unspecified atom stereocenters. The minimum atomic E-state index is -0.333. The summed E-state index contributed by atoms with van der Waals surface area (Å²) in [4.78, 5) is 29.2. The molecule has 3 rings (SSSR count). The Morgan fingerprint density at radius 3 is 2.28 bits per heavy atom. The van der Waals surface area contributed by atoms with Crippen molar-refractivity contribution in [2.24, 2.45) is 0 Å². The quantitative estimate of drug-likeness (QED) is 0.500. The Kier molecular flexibility index (Phi) is 8.02. The molecule has 1 heterocycles. The predicted molar refractivity (Wildman–Crippen MR) is 121 cm³/mol. The molecule has 0 aliphatic heterocycles. The number of para-hydroxylation sites is 1. The van der Waals surface area contributed by atoms with E-state index < -0.39 is 0 Å². The Balaban J connectivity index is 1.74. The van der Waals surface area contributed by atoms with Crippen LogP contribution in [-0.4, -0.2) is 34.8 Å². The molecule has 0 aliphatic rings. The topological polar surface area (TPSA) is 65.8 Å². The van der Waals surface area contributed by atoms with Crippen LogP contribution in [0.5, 0.6) is 0 Å². The maximum absolute atomic E-state index is 13.3. The van der Waals surface area contributed by atoms with E-state index in [4.69, 9.17) is 4.42 Å². The number of amides is 3. The minimum absolute atomic E-state index is 0.0760. The van der Waals surface area contributed by atoms with Gasteiger partial charge in [0.2, 0.25) is 5.91 Å². The molecule has 1 N–H and O–H groups in total.